The Bertz CT molecular complexity index is 622. The van der Waals surface area contributed by atoms with Crippen LogP contribution in [0.3, 0.4) is 0 Å². The summed E-state index contributed by atoms with van der Waals surface area (Å²) in [5.74, 6) is -1.08. The number of hydrogen-bond acceptors (Lipinski definition) is 3. The van der Waals surface area contributed by atoms with Crippen LogP contribution in [-0.2, 0) is 6.54 Å². The molecule has 21 heavy (non-hydrogen) atoms. The van der Waals surface area contributed by atoms with Gasteiger partial charge in [0.1, 0.15) is 11.6 Å². The second-order valence-electron chi connectivity index (χ2n) is 5.15. The van der Waals surface area contributed by atoms with E-state index in [9.17, 15) is 8.78 Å². The van der Waals surface area contributed by atoms with E-state index in [1.807, 2.05) is 17.5 Å². The van der Waals surface area contributed by atoms with Gasteiger partial charge in [0, 0.05) is 23.0 Å². The number of benzene rings is 1. The summed E-state index contributed by atoms with van der Waals surface area (Å²) in [6.45, 7) is 4.20. The van der Waals surface area contributed by atoms with Gasteiger partial charge in [-0.2, -0.15) is 5.26 Å². The van der Waals surface area contributed by atoms with Crippen molar-refractivity contribution in [3.05, 3.63) is 57.3 Å². The van der Waals surface area contributed by atoms with E-state index in [1.165, 1.54) is 0 Å². The molecule has 0 amide bonds. The van der Waals surface area contributed by atoms with E-state index in [2.05, 4.69) is 19.2 Å². The maximum atomic E-state index is 13.9. The van der Waals surface area contributed by atoms with Gasteiger partial charge in [0.2, 0.25) is 0 Å². The zero-order valence-electron chi connectivity index (χ0n) is 11.9. The Morgan fingerprint density at radius 3 is 2.43 bits per heavy atom. The molecule has 1 unspecified atom stereocenters. The molecule has 2 aromatic rings. The molecule has 0 spiro atoms. The zero-order valence-corrected chi connectivity index (χ0v) is 12.7. The SMILES string of the molecule is CC(C)C(NCc1c(F)cc(C#N)cc1F)c1cccs1. The van der Waals surface area contributed by atoms with Crippen LogP contribution < -0.4 is 5.32 Å². The molecule has 1 heterocycles. The zero-order chi connectivity index (χ0) is 15.4. The third-order valence-corrected chi connectivity index (χ3v) is 4.24. The first kappa shape index (κ1) is 15.6. The van der Waals surface area contributed by atoms with Crippen LogP contribution in [0.15, 0.2) is 29.6 Å². The van der Waals surface area contributed by atoms with Crippen LogP contribution in [0.25, 0.3) is 0 Å². The molecule has 0 fully saturated rings. The minimum absolute atomic E-state index is 0.00702. The first-order valence-electron chi connectivity index (χ1n) is 6.67. The standard InChI is InChI=1S/C16H16F2N2S/c1-10(2)16(15-4-3-5-21-15)20-9-12-13(17)6-11(8-19)7-14(12)18/h3-7,10,16,20H,9H2,1-2H3. The largest absolute Gasteiger partial charge is 0.305 e. The van der Waals surface area contributed by atoms with Gasteiger partial charge >= 0.3 is 0 Å². The first-order valence-corrected chi connectivity index (χ1v) is 7.55. The van der Waals surface area contributed by atoms with Gasteiger partial charge in [-0.3, -0.25) is 0 Å². The van der Waals surface area contributed by atoms with Crippen molar-refractivity contribution in [1.29, 1.82) is 5.26 Å². The summed E-state index contributed by atoms with van der Waals surface area (Å²) < 4.78 is 27.7. The number of nitriles is 1. The Morgan fingerprint density at radius 2 is 1.95 bits per heavy atom. The van der Waals surface area contributed by atoms with Crippen molar-refractivity contribution in [1.82, 2.24) is 5.32 Å². The van der Waals surface area contributed by atoms with Crippen LogP contribution in [0.5, 0.6) is 0 Å². The molecule has 1 N–H and O–H groups in total. The minimum atomic E-state index is -0.687. The van der Waals surface area contributed by atoms with Gasteiger partial charge in [-0.25, -0.2) is 8.78 Å². The van der Waals surface area contributed by atoms with Gasteiger partial charge in [0.05, 0.1) is 11.6 Å². The van der Waals surface area contributed by atoms with E-state index in [1.54, 1.807) is 17.4 Å². The molecule has 0 aliphatic heterocycles. The summed E-state index contributed by atoms with van der Waals surface area (Å²) in [5.41, 5.74) is -0.0383. The predicted molar refractivity (Wildman–Crippen MR) is 79.8 cm³/mol. The van der Waals surface area contributed by atoms with E-state index in [0.717, 1.165) is 17.0 Å². The molecule has 1 aromatic carbocycles. The van der Waals surface area contributed by atoms with Crippen LogP contribution >= 0.6 is 11.3 Å². The molecule has 0 radical (unpaired) electrons. The molecule has 1 atom stereocenters. The van der Waals surface area contributed by atoms with Crippen LogP contribution in [0.4, 0.5) is 8.78 Å². The lowest BCUT2D eigenvalue weighted by atomic mass is 10.0. The molecule has 2 nitrogen and oxygen atoms in total. The first-order chi connectivity index (χ1) is 10.0. The summed E-state index contributed by atoms with van der Waals surface area (Å²) in [4.78, 5) is 1.14. The highest BCUT2D eigenvalue weighted by Crippen LogP contribution is 2.26. The predicted octanol–water partition coefficient (Wildman–Crippen LogP) is 4.38. The fourth-order valence-electron chi connectivity index (χ4n) is 2.18. The van der Waals surface area contributed by atoms with Gasteiger partial charge in [0.15, 0.2) is 0 Å². The summed E-state index contributed by atoms with van der Waals surface area (Å²) in [5, 5.41) is 13.9. The van der Waals surface area contributed by atoms with Gasteiger partial charge in [0.25, 0.3) is 0 Å². The lowest BCUT2D eigenvalue weighted by molar-refractivity contribution is 0.406. The molecule has 2 rings (SSSR count). The molecule has 0 aliphatic carbocycles. The quantitative estimate of drug-likeness (QED) is 0.889. The second kappa shape index (κ2) is 6.79. The fraction of sp³-hybridized carbons (Fsp3) is 0.312. The summed E-state index contributed by atoms with van der Waals surface area (Å²) in [7, 11) is 0. The molecule has 0 aliphatic rings. The van der Waals surface area contributed by atoms with Crippen molar-refractivity contribution >= 4 is 11.3 Å². The average Bonchev–Trinajstić information content (AvgIpc) is 2.94. The molecule has 0 saturated carbocycles. The summed E-state index contributed by atoms with van der Waals surface area (Å²) in [6, 6.07) is 7.88. The van der Waals surface area contributed by atoms with E-state index in [-0.39, 0.29) is 23.7 Å². The Morgan fingerprint density at radius 1 is 1.29 bits per heavy atom. The van der Waals surface area contributed by atoms with Gasteiger partial charge < -0.3 is 5.32 Å². The minimum Gasteiger partial charge on any atom is -0.305 e. The van der Waals surface area contributed by atoms with Crippen LogP contribution in [0, 0.1) is 28.9 Å². The van der Waals surface area contributed by atoms with Gasteiger partial charge in [-0.1, -0.05) is 19.9 Å². The molecule has 1 aromatic heterocycles. The fourth-order valence-corrected chi connectivity index (χ4v) is 3.16. The summed E-state index contributed by atoms with van der Waals surface area (Å²) >= 11 is 1.62. The average molecular weight is 306 g/mol. The molecular weight excluding hydrogens is 290 g/mol. The van der Waals surface area contributed by atoms with Crippen LogP contribution in [-0.4, -0.2) is 0 Å². The molecule has 110 valence electrons. The van der Waals surface area contributed by atoms with Crippen LogP contribution in [0.2, 0.25) is 0 Å². The van der Waals surface area contributed by atoms with Crippen LogP contribution in [0.1, 0.15) is 35.9 Å². The Hall–Kier alpha value is -1.77. The Balaban J connectivity index is 2.17. The van der Waals surface area contributed by atoms with E-state index in [0.29, 0.717) is 5.92 Å². The Labute approximate surface area is 127 Å². The summed E-state index contributed by atoms with van der Waals surface area (Å²) in [6.07, 6.45) is 0. The second-order valence-corrected chi connectivity index (χ2v) is 6.13. The molecule has 5 heteroatoms. The highest BCUT2D eigenvalue weighted by atomic mass is 32.1. The van der Waals surface area contributed by atoms with Crippen molar-refractivity contribution in [2.45, 2.75) is 26.4 Å². The number of nitrogens with zero attached hydrogens (tertiary/aromatic N) is 1. The van der Waals surface area contributed by atoms with Gasteiger partial charge in [-0.15, -0.1) is 11.3 Å². The van der Waals surface area contributed by atoms with E-state index < -0.39 is 11.6 Å². The molecule has 0 saturated heterocycles. The smallest absolute Gasteiger partial charge is 0.131 e. The topological polar surface area (TPSA) is 35.8 Å². The van der Waals surface area contributed by atoms with E-state index in [4.69, 9.17) is 5.26 Å². The van der Waals surface area contributed by atoms with E-state index >= 15 is 0 Å². The maximum absolute atomic E-state index is 13.9. The third-order valence-electron chi connectivity index (χ3n) is 3.29. The van der Waals surface area contributed by atoms with Crippen molar-refractivity contribution in [2.75, 3.05) is 0 Å². The van der Waals surface area contributed by atoms with Crippen molar-refractivity contribution in [3.8, 4) is 6.07 Å². The molecular formula is C16H16F2N2S. The number of thiophene rings is 1. The lowest BCUT2D eigenvalue weighted by Crippen LogP contribution is -2.25. The maximum Gasteiger partial charge on any atom is 0.131 e. The number of rotatable bonds is 5. The van der Waals surface area contributed by atoms with Crippen molar-refractivity contribution in [2.24, 2.45) is 5.92 Å². The highest BCUT2D eigenvalue weighted by Gasteiger charge is 2.18. The number of nitrogens with one attached hydrogen (secondary N) is 1. The van der Waals surface area contributed by atoms with Crippen molar-refractivity contribution in [3.63, 3.8) is 0 Å². The Kier molecular flexibility index (Phi) is 5.05. The lowest BCUT2D eigenvalue weighted by Gasteiger charge is -2.21. The normalized spacial score (nSPS) is 12.4. The number of hydrogen-bond donors (Lipinski definition) is 1. The molecule has 0 bridgehead atoms. The van der Waals surface area contributed by atoms with Crippen molar-refractivity contribution < 1.29 is 8.78 Å². The number of halogens is 2. The highest BCUT2D eigenvalue weighted by molar-refractivity contribution is 7.10. The van der Waals surface area contributed by atoms with Gasteiger partial charge in [-0.05, 0) is 29.5 Å². The third kappa shape index (κ3) is 3.66. The monoisotopic (exact) mass is 306 g/mol.